The largest absolute Gasteiger partial charge is 0.457 e. The SMILES string of the molecule is CC(=O)Nc1ccc(C(=O)[C@@H](C)OC(=O)C2c3ccccc3Oc3ccccc32)cc1. The fraction of sp³-hybridized carbons (Fsp3) is 0.160. The number of rotatable bonds is 5. The van der Waals surface area contributed by atoms with Gasteiger partial charge in [0.05, 0.1) is 0 Å². The summed E-state index contributed by atoms with van der Waals surface area (Å²) in [5.41, 5.74) is 2.38. The smallest absolute Gasteiger partial charge is 0.318 e. The quantitative estimate of drug-likeness (QED) is 0.483. The molecule has 0 spiro atoms. The molecule has 0 aromatic heterocycles. The summed E-state index contributed by atoms with van der Waals surface area (Å²) >= 11 is 0. The van der Waals surface area contributed by atoms with Crippen molar-refractivity contribution >= 4 is 23.3 Å². The van der Waals surface area contributed by atoms with E-state index in [9.17, 15) is 14.4 Å². The minimum atomic E-state index is -0.971. The molecule has 156 valence electrons. The van der Waals surface area contributed by atoms with Crippen molar-refractivity contribution in [3.8, 4) is 11.5 Å². The fourth-order valence-corrected chi connectivity index (χ4v) is 3.62. The number of nitrogens with one attached hydrogen (secondary N) is 1. The number of ketones is 1. The molecule has 1 amide bonds. The van der Waals surface area contributed by atoms with Crippen molar-refractivity contribution in [2.75, 3.05) is 5.32 Å². The van der Waals surface area contributed by atoms with E-state index >= 15 is 0 Å². The monoisotopic (exact) mass is 415 g/mol. The standard InChI is InChI=1S/C25H21NO5/c1-15(24(28)17-11-13-18(14-12-17)26-16(2)27)30-25(29)23-19-7-3-5-9-21(19)31-22-10-6-4-8-20(22)23/h3-15,23H,1-2H3,(H,26,27)/t15-/m1/s1. The third-order valence-electron chi connectivity index (χ3n) is 5.07. The Morgan fingerprint density at radius 1 is 0.871 bits per heavy atom. The Morgan fingerprint density at radius 3 is 1.97 bits per heavy atom. The zero-order valence-corrected chi connectivity index (χ0v) is 17.1. The Hall–Kier alpha value is -3.93. The molecule has 6 nitrogen and oxygen atoms in total. The van der Waals surface area contributed by atoms with Gasteiger partial charge in [-0.2, -0.15) is 0 Å². The first-order chi connectivity index (χ1) is 14.9. The van der Waals surface area contributed by atoms with Gasteiger partial charge in [0, 0.05) is 29.3 Å². The molecule has 0 aliphatic carbocycles. The molecule has 0 saturated heterocycles. The van der Waals surface area contributed by atoms with Crippen LogP contribution in [0.25, 0.3) is 0 Å². The van der Waals surface area contributed by atoms with E-state index in [1.165, 1.54) is 6.92 Å². The number of carbonyl (C=O) groups excluding carboxylic acids is 3. The van der Waals surface area contributed by atoms with Crippen LogP contribution in [-0.4, -0.2) is 23.8 Å². The highest BCUT2D eigenvalue weighted by Crippen LogP contribution is 2.44. The predicted molar refractivity (Wildman–Crippen MR) is 115 cm³/mol. The minimum Gasteiger partial charge on any atom is -0.457 e. The number of ether oxygens (including phenoxy) is 2. The van der Waals surface area contributed by atoms with Gasteiger partial charge in [0.15, 0.2) is 6.10 Å². The lowest BCUT2D eigenvalue weighted by molar-refractivity contribution is -0.147. The first-order valence-electron chi connectivity index (χ1n) is 9.92. The molecule has 3 aromatic rings. The van der Waals surface area contributed by atoms with Crippen molar-refractivity contribution in [3.63, 3.8) is 0 Å². The summed E-state index contributed by atoms with van der Waals surface area (Å²) < 4.78 is 11.5. The molecule has 4 rings (SSSR count). The minimum absolute atomic E-state index is 0.196. The summed E-state index contributed by atoms with van der Waals surface area (Å²) in [7, 11) is 0. The normalized spacial score (nSPS) is 13.2. The van der Waals surface area contributed by atoms with E-state index in [-0.39, 0.29) is 11.7 Å². The van der Waals surface area contributed by atoms with Crippen molar-refractivity contribution in [2.24, 2.45) is 0 Å². The summed E-state index contributed by atoms with van der Waals surface area (Å²) in [6.07, 6.45) is -0.971. The number of para-hydroxylation sites is 2. The second-order valence-corrected chi connectivity index (χ2v) is 7.31. The molecule has 0 radical (unpaired) electrons. The van der Waals surface area contributed by atoms with Crippen LogP contribution < -0.4 is 10.1 Å². The lowest BCUT2D eigenvalue weighted by Crippen LogP contribution is -2.29. The van der Waals surface area contributed by atoms with E-state index < -0.39 is 18.0 Å². The van der Waals surface area contributed by atoms with Gasteiger partial charge in [-0.3, -0.25) is 14.4 Å². The first-order valence-corrected chi connectivity index (χ1v) is 9.92. The van der Waals surface area contributed by atoms with Crippen LogP contribution in [0.2, 0.25) is 0 Å². The maximum atomic E-state index is 13.2. The highest BCUT2D eigenvalue weighted by atomic mass is 16.5. The van der Waals surface area contributed by atoms with Crippen LogP contribution >= 0.6 is 0 Å². The molecule has 1 heterocycles. The summed E-state index contributed by atoms with van der Waals surface area (Å²) in [5.74, 6) is -0.529. The van der Waals surface area contributed by atoms with E-state index in [2.05, 4.69) is 5.32 Å². The van der Waals surface area contributed by atoms with Gasteiger partial charge in [0.25, 0.3) is 0 Å². The average Bonchev–Trinajstić information content (AvgIpc) is 2.76. The van der Waals surface area contributed by atoms with Gasteiger partial charge >= 0.3 is 5.97 Å². The molecule has 0 fully saturated rings. The molecular formula is C25H21NO5. The molecule has 3 aromatic carbocycles. The topological polar surface area (TPSA) is 81.7 Å². The van der Waals surface area contributed by atoms with Crippen LogP contribution in [0.3, 0.4) is 0 Å². The van der Waals surface area contributed by atoms with E-state index in [0.29, 0.717) is 33.9 Å². The van der Waals surface area contributed by atoms with Crippen molar-refractivity contribution in [3.05, 3.63) is 89.5 Å². The highest BCUT2D eigenvalue weighted by Gasteiger charge is 2.35. The van der Waals surface area contributed by atoms with Gasteiger partial charge in [-0.15, -0.1) is 0 Å². The molecule has 1 atom stereocenters. The second-order valence-electron chi connectivity index (χ2n) is 7.31. The van der Waals surface area contributed by atoms with Crippen LogP contribution in [0.5, 0.6) is 11.5 Å². The van der Waals surface area contributed by atoms with Crippen molar-refractivity contribution in [2.45, 2.75) is 25.9 Å². The molecule has 0 bridgehead atoms. The Bertz CT molecular complexity index is 1110. The number of amides is 1. The molecule has 31 heavy (non-hydrogen) atoms. The van der Waals surface area contributed by atoms with Crippen LogP contribution in [0.1, 0.15) is 41.3 Å². The number of hydrogen-bond donors (Lipinski definition) is 1. The molecule has 0 unspecified atom stereocenters. The average molecular weight is 415 g/mol. The first kappa shape index (κ1) is 20.3. The summed E-state index contributed by atoms with van der Waals surface area (Å²) in [4.78, 5) is 37.1. The van der Waals surface area contributed by atoms with Crippen LogP contribution in [-0.2, 0) is 14.3 Å². The van der Waals surface area contributed by atoms with Gasteiger partial charge in [-0.25, -0.2) is 0 Å². The number of esters is 1. The van der Waals surface area contributed by atoms with Crippen LogP contribution in [0.15, 0.2) is 72.8 Å². The maximum absolute atomic E-state index is 13.2. The van der Waals surface area contributed by atoms with Crippen LogP contribution in [0, 0.1) is 0 Å². The Labute approximate surface area is 179 Å². The molecule has 1 aliphatic rings. The number of carbonyl (C=O) groups is 3. The molecule has 0 saturated carbocycles. The lowest BCUT2D eigenvalue weighted by atomic mass is 9.88. The number of Topliss-reactive ketones (excluding diaryl/α,β-unsaturated/α-hetero) is 1. The molecule has 6 heteroatoms. The van der Waals surface area contributed by atoms with Gasteiger partial charge in [-0.05, 0) is 43.3 Å². The van der Waals surface area contributed by atoms with E-state index in [1.54, 1.807) is 43.3 Å². The van der Waals surface area contributed by atoms with E-state index in [1.807, 2.05) is 36.4 Å². The number of fused-ring (bicyclic) bond motifs is 2. The zero-order valence-electron chi connectivity index (χ0n) is 17.1. The van der Waals surface area contributed by atoms with Gasteiger partial charge < -0.3 is 14.8 Å². The van der Waals surface area contributed by atoms with Crippen molar-refractivity contribution < 1.29 is 23.9 Å². The van der Waals surface area contributed by atoms with Gasteiger partial charge in [0.1, 0.15) is 17.4 Å². The Kier molecular flexibility index (Phi) is 5.54. The Balaban J connectivity index is 1.54. The second kappa shape index (κ2) is 8.44. The number of anilines is 1. The summed E-state index contributed by atoms with van der Waals surface area (Å²) in [6, 6.07) is 21.1. The third-order valence-corrected chi connectivity index (χ3v) is 5.07. The predicted octanol–water partition coefficient (Wildman–Crippen LogP) is 4.70. The van der Waals surface area contributed by atoms with Gasteiger partial charge in [-0.1, -0.05) is 36.4 Å². The number of benzene rings is 3. The molecule has 1 aliphatic heterocycles. The summed E-state index contributed by atoms with van der Waals surface area (Å²) in [6.45, 7) is 2.96. The molecule has 1 N–H and O–H groups in total. The Morgan fingerprint density at radius 2 is 1.42 bits per heavy atom. The van der Waals surface area contributed by atoms with Crippen LogP contribution in [0.4, 0.5) is 5.69 Å². The van der Waals surface area contributed by atoms with Gasteiger partial charge in [0.2, 0.25) is 11.7 Å². The zero-order chi connectivity index (χ0) is 22.0. The van der Waals surface area contributed by atoms with E-state index in [0.717, 1.165) is 0 Å². The third kappa shape index (κ3) is 4.19. The summed E-state index contributed by atoms with van der Waals surface area (Å²) in [5, 5.41) is 2.65. The lowest BCUT2D eigenvalue weighted by Gasteiger charge is -2.27. The van der Waals surface area contributed by atoms with E-state index in [4.69, 9.17) is 9.47 Å². The molecular weight excluding hydrogens is 394 g/mol. The fourth-order valence-electron chi connectivity index (χ4n) is 3.62. The van der Waals surface area contributed by atoms with Crippen molar-refractivity contribution in [1.29, 1.82) is 0 Å². The maximum Gasteiger partial charge on any atom is 0.318 e. The number of hydrogen-bond acceptors (Lipinski definition) is 5. The highest BCUT2D eigenvalue weighted by molar-refractivity contribution is 6.01. The van der Waals surface area contributed by atoms with Crippen molar-refractivity contribution in [1.82, 2.24) is 0 Å².